The first-order valence-corrected chi connectivity index (χ1v) is 9.69. The quantitative estimate of drug-likeness (QED) is 0.890. The zero-order chi connectivity index (χ0) is 16.4. The molecule has 3 rings (SSSR count). The molecule has 0 aromatic carbocycles. The second kappa shape index (κ2) is 6.45. The predicted molar refractivity (Wildman–Crippen MR) is 90.2 cm³/mol. The van der Waals surface area contributed by atoms with Crippen molar-refractivity contribution in [3.8, 4) is 0 Å². The van der Waals surface area contributed by atoms with Crippen LogP contribution in [0.2, 0.25) is 0 Å². The Bertz CT molecular complexity index is 778. The van der Waals surface area contributed by atoms with E-state index in [4.69, 9.17) is 0 Å². The third-order valence-corrected chi connectivity index (χ3v) is 5.74. The maximum Gasteiger partial charge on any atom is 0.211 e. The summed E-state index contributed by atoms with van der Waals surface area (Å²) in [4.78, 5) is 6.71. The molecule has 3 heterocycles. The van der Waals surface area contributed by atoms with Crippen molar-refractivity contribution >= 4 is 21.4 Å². The Morgan fingerprint density at radius 1 is 1.35 bits per heavy atom. The average Bonchev–Trinajstić information content (AvgIpc) is 2.87. The van der Waals surface area contributed by atoms with Crippen LogP contribution < -0.4 is 9.62 Å². The van der Waals surface area contributed by atoms with Gasteiger partial charge >= 0.3 is 0 Å². The minimum absolute atomic E-state index is 0.0224. The Hall–Kier alpha value is -1.67. The van der Waals surface area contributed by atoms with Crippen molar-refractivity contribution in [2.24, 2.45) is 0 Å². The van der Waals surface area contributed by atoms with Crippen LogP contribution in [0, 0.1) is 6.92 Å². The van der Waals surface area contributed by atoms with Gasteiger partial charge in [-0.1, -0.05) is 6.92 Å². The molecule has 2 aromatic heterocycles. The number of hydrogen-bond acceptors (Lipinski definition) is 5. The molecule has 0 amide bonds. The lowest BCUT2D eigenvalue weighted by atomic mass is 10.1. The van der Waals surface area contributed by atoms with Crippen molar-refractivity contribution in [3.05, 3.63) is 24.2 Å². The number of nitrogens with one attached hydrogen (secondary N) is 1. The third-order valence-electron chi connectivity index (χ3n) is 4.11. The number of fused-ring (bicyclic) bond motifs is 1. The summed E-state index contributed by atoms with van der Waals surface area (Å²) in [6, 6.07) is 2.05. The van der Waals surface area contributed by atoms with E-state index in [1.54, 1.807) is 6.20 Å². The number of rotatable bonds is 5. The molecule has 0 spiro atoms. The number of aromatic nitrogens is 3. The molecule has 0 radical (unpaired) electrons. The van der Waals surface area contributed by atoms with E-state index in [0.717, 1.165) is 43.0 Å². The molecule has 1 saturated heterocycles. The van der Waals surface area contributed by atoms with Crippen molar-refractivity contribution in [1.29, 1.82) is 0 Å². The Morgan fingerprint density at radius 3 is 2.78 bits per heavy atom. The van der Waals surface area contributed by atoms with Gasteiger partial charge in [-0.2, -0.15) is 5.10 Å². The van der Waals surface area contributed by atoms with E-state index in [-0.39, 0.29) is 11.8 Å². The number of piperidine rings is 1. The summed E-state index contributed by atoms with van der Waals surface area (Å²) in [6.07, 6.45) is 5.82. The summed E-state index contributed by atoms with van der Waals surface area (Å²) in [5.41, 5.74) is 1.96. The number of aryl methyl sites for hydroxylation is 1. The number of sulfonamides is 1. The summed E-state index contributed by atoms with van der Waals surface area (Å²) in [5, 5.41) is 4.41. The van der Waals surface area contributed by atoms with Gasteiger partial charge in [-0.15, -0.1) is 0 Å². The van der Waals surface area contributed by atoms with Gasteiger partial charge in [0, 0.05) is 31.5 Å². The molecule has 1 aliphatic rings. The molecule has 7 nitrogen and oxygen atoms in total. The molecule has 1 aliphatic heterocycles. The lowest BCUT2D eigenvalue weighted by Gasteiger charge is -2.33. The molecule has 1 fully saturated rings. The zero-order valence-electron chi connectivity index (χ0n) is 13.6. The normalized spacial score (nSPS) is 17.0. The standard InChI is InChI=1S/C15H23N5O2S/c1-3-10-23(21,22)18-13-4-7-19(8-5-13)15-14-11-12(2)17-20(14)9-6-16-15/h6,9,11,13,18H,3-5,7-8,10H2,1-2H3. The summed E-state index contributed by atoms with van der Waals surface area (Å²) in [5.74, 6) is 1.12. The van der Waals surface area contributed by atoms with E-state index in [0.29, 0.717) is 6.42 Å². The van der Waals surface area contributed by atoms with Crippen molar-refractivity contribution in [2.45, 2.75) is 39.2 Å². The van der Waals surface area contributed by atoms with Gasteiger partial charge in [-0.25, -0.2) is 22.6 Å². The summed E-state index contributed by atoms with van der Waals surface area (Å²) in [7, 11) is -3.14. The highest BCUT2D eigenvalue weighted by Gasteiger charge is 2.24. The van der Waals surface area contributed by atoms with Gasteiger partial charge in [0.1, 0.15) is 5.52 Å². The second-order valence-electron chi connectivity index (χ2n) is 6.06. The fourth-order valence-corrected chi connectivity index (χ4v) is 4.46. The van der Waals surface area contributed by atoms with Crippen molar-refractivity contribution in [2.75, 3.05) is 23.7 Å². The molecule has 0 unspecified atom stereocenters. The molecule has 2 aromatic rings. The van der Waals surface area contributed by atoms with Crippen LogP contribution in [0.1, 0.15) is 31.9 Å². The van der Waals surface area contributed by atoms with Crippen molar-refractivity contribution < 1.29 is 8.42 Å². The molecule has 0 atom stereocenters. The van der Waals surface area contributed by atoms with E-state index in [1.165, 1.54) is 0 Å². The third kappa shape index (κ3) is 3.64. The van der Waals surface area contributed by atoms with E-state index in [1.807, 2.05) is 30.6 Å². The highest BCUT2D eigenvalue weighted by atomic mass is 32.2. The summed E-state index contributed by atoms with van der Waals surface area (Å²) in [6.45, 7) is 5.42. The largest absolute Gasteiger partial charge is 0.355 e. The van der Waals surface area contributed by atoms with Gasteiger partial charge in [-0.05, 0) is 32.3 Å². The van der Waals surface area contributed by atoms with E-state index in [2.05, 4.69) is 19.7 Å². The van der Waals surface area contributed by atoms with Crippen molar-refractivity contribution in [3.63, 3.8) is 0 Å². The Kier molecular flexibility index (Phi) is 4.54. The first-order chi connectivity index (χ1) is 11.0. The molecular formula is C15H23N5O2S. The molecule has 23 heavy (non-hydrogen) atoms. The fourth-order valence-electron chi connectivity index (χ4n) is 3.06. The van der Waals surface area contributed by atoms with Crippen LogP contribution in [0.5, 0.6) is 0 Å². The first-order valence-electron chi connectivity index (χ1n) is 8.04. The lowest BCUT2D eigenvalue weighted by molar-refractivity contribution is 0.458. The number of anilines is 1. The highest BCUT2D eigenvalue weighted by Crippen LogP contribution is 2.23. The predicted octanol–water partition coefficient (Wildman–Crippen LogP) is 1.34. The zero-order valence-corrected chi connectivity index (χ0v) is 14.4. The van der Waals surface area contributed by atoms with Gasteiger partial charge in [-0.3, -0.25) is 0 Å². The van der Waals surface area contributed by atoms with Crippen LogP contribution in [0.3, 0.4) is 0 Å². The van der Waals surface area contributed by atoms with Gasteiger partial charge in [0.25, 0.3) is 0 Å². The number of nitrogens with zero attached hydrogens (tertiary/aromatic N) is 4. The highest BCUT2D eigenvalue weighted by molar-refractivity contribution is 7.89. The molecule has 0 bridgehead atoms. The minimum Gasteiger partial charge on any atom is -0.355 e. The molecule has 0 aliphatic carbocycles. The first kappa shape index (κ1) is 16.2. The molecule has 8 heteroatoms. The van der Waals surface area contributed by atoms with Crippen LogP contribution in [0.25, 0.3) is 5.52 Å². The number of hydrogen-bond donors (Lipinski definition) is 1. The van der Waals surface area contributed by atoms with Crippen LogP contribution in [-0.4, -0.2) is 47.9 Å². The maximum atomic E-state index is 11.9. The Balaban J connectivity index is 1.69. The van der Waals surface area contributed by atoms with Crippen LogP contribution in [0.4, 0.5) is 5.82 Å². The van der Waals surface area contributed by atoms with Crippen molar-refractivity contribution in [1.82, 2.24) is 19.3 Å². The van der Waals surface area contributed by atoms with Crippen LogP contribution in [-0.2, 0) is 10.0 Å². The summed E-state index contributed by atoms with van der Waals surface area (Å²) < 4.78 is 28.4. The van der Waals surface area contributed by atoms with Gasteiger partial charge in [0.05, 0.1) is 11.4 Å². The molecular weight excluding hydrogens is 314 g/mol. The Morgan fingerprint density at radius 2 is 2.09 bits per heavy atom. The van der Waals surface area contributed by atoms with Gasteiger partial charge < -0.3 is 4.90 Å². The molecule has 126 valence electrons. The average molecular weight is 337 g/mol. The van der Waals surface area contributed by atoms with E-state index in [9.17, 15) is 8.42 Å². The smallest absolute Gasteiger partial charge is 0.211 e. The monoisotopic (exact) mass is 337 g/mol. The molecule has 0 saturated carbocycles. The second-order valence-corrected chi connectivity index (χ2v) is 7.94. The fraction of sp³-hybridized carbons (Fsp3) is 0.600. The maximum absolute atomic E-state index is 11.9. The minimum atomic E-state index is -3.14. The van der Waals surface area contributed by atoms with Gasteiger partial charge in [0.2, 0.25) is 10.0 Å². The van der Waals surface area contributed by atoms with E-state index < -0.39 is 10.0 Å². The SMILES string of the molecule is CCCS(=O)(=O)NC1CCN(c2nccn3nc(C)cc23)CC1. The van der Waals surface area contributed by atoms with Crippen LogP contribution >= 0.6 is 0 Å². The van der Waals surface area contributed by atoms with Crippen LogP contribution in [0.15, 0.2) is 18.5 Å². The lowest BCUT2D eigenvalue weighted by Crippen LogP contribution is -2.45. The Labute approximate surface area is 136 Å². The van der Waals surface area contributed by atoms with Gasteiger partial charge in [0.15, 0.2) is 5.82 Å². The molecule has 1 N–H and O–H groups in total. The van der Waals surface area contributed by atoms with E-state index >= 15 is 0 Å². The summed E-state index contributed by atoms with van der Waals surface area (Å²) >= 11 is 0. The topological polar surface area (TPSA) is 79.6 Å².